The number of aliphatic imine (C=N–C) groups is 1. The molecule has 4 rings (SSSR count). The molecule has 0 spiro atoms. The molecule has 0 unspecified atom stereocenters. The summed E-state index contributed by atoms with van der Waals surface area (Å²) in [6, 6.07) is 11.2. The second-order valence-corrected chi connectivity index (χ2v) is 12.1. The summed E-state index contributed by atoms with van der Waals surface area (Å²) in [5.74, 6) is -0.529. The summed E-state index contributed by atoms with van der Waals surface area (Å²) in [5.41, 5.74) is -0.131. The normalized spacial score (nSPS) is 15.1. The van der Waals surface area contributed by atoms with Gasteiger partial charge in [0.2, 0.25) is 0 Å². The minimum atomic E-state index is -4.38. The molecule has 1 heterocycles. The number of ether oxygens (including phenoxy) is 1. The molecule has 1 N–H and O–H groups in total. The Kier molecular flexibility index (Phi) is 9.15. The summed E-state index contributed by atoms with van der Waals surface area (Å²) >= 11 is 8.65. The number of thioether (sulfide) groups is 1. The van der Waals surface area contributed by atoms with Gasteiger partial charge in [-0.1, -0.05) is 11.6 Å². The molecule has 212 valence electrons. The number of nitrogens with zero attached hydrogens (tertiary/aromatic N) is 3. The highest BCUT2D eigenvalue weighted by Gasteiger charge is 2.27. The van der Waals surface area contributed by atoms with Crippen molar-refractivity contribution >= 4 is 90.3 Å². The predicted octanol–water partition coefficient (Wildman–Crippen LogP) is 5.82. The van der Waals surface area contributed by atoms with E-state index in [9.17, 15) is 33.4 Å². The highest BCUT2D eigenvalue weighted by atomic mass is 127. The number of carbonyl (C=O) groups excluding carboxylic acids is 1. The Morgan fingerprint density at radius 3 is 2.44 bits per heavy atom. The molecule has 0 aliphatic carbocycles. The minimum absolute atomic E-state index is 0.00682. The van der Waals surface area contributed by atoms with Crippen LogP contribution in [0.1, 0.15) is 12.5 Å². The third kappa shape index (κ3) is 7.13. The van der Waals surface area contributed by atoms with Crippen LogP contribution in [0.3, 0.4) is 0 Å². The van der Waals surface area contributed by atoms with Gasteiger partial charge in [0.1, 0.15) is 10.6 Å². The quantitative estimate of drug-likeness (QED) is 0.0927. The van der Waals surface area contributed by atoms with E-state index in [1.165, 1.54) is 24.3 Å². The van der Waals surface area contributed by atoms with Gasteiger partial charge in [-0.2, -0.15) is 8.42 Å². The number of carbonyl (C=O) groups is 1. The van der Waals surface area contributed by atoms with E-state index in [1.54, 1.807) is 13.0 Å². The molecule has 0 atom stereocenters. The van der Waals surface area contributed by atoms with Gasteiger partial charge in [-0.3, -0.25) is 25.0 Å². The van der Waals surface area contributed by atoms with Gasteiger partial charge < -0.3 is 14.2 Å². The fourth-order valence-corrected chi connectivity index (χ4v) is 6.23. The first-order chi connectivity index (χ1) is 19.4. The average molecular weight is 731 g/mol. The molecule has 3 aromatic rings. The van der Waals surface area contributed by atoms with Gasteiger partial charge in [0, 0.05) is 23.2 Å². The molecule has 13 nitrogen and oxygen atoms in total. The van der Waals surface area contributed by atoms with Crippen molar-refractivity contribution in [3.63, 3.8) is 0 Å². The molecule has 0 radical (unpaired) electrons. The molecule has 1 fully saturated rings. The van der Waals surface area contributed by atoms with Crippen molar-refractivity contribution in [2.24, 2.45) is 4.99 Å². The standard InChI is InChI=1S/C24H16ClIN4O9S2/c1-2-38-20-10-13(9-17(26)22(20)39-41(36,37)16-6-4-15(5-7-16)29(32)33)11-21-23(31)28-24(40-21)27-18-8-3-14(25)12-19(18)30(34)35/h3-12H,2H2,1H3,(H,27,28,31)/b21-11+. The van der Waals surface area contributed by atoms with Crippen molar-refractivity contribution in [2.45, 2.75) is 11.8 Å². The number of benzene rings is 3. The topological polar surface area (TPSA) is 180 Å². The first-order valence-electron chi connectivity index (χ1n) is 11.3. The lowest BCUT2D eigenvalue weighted by Gasteiger charge is -2.14. The van der Waals surface area contributed by atoms with Crippen molar-refractivity contribution in [1.82, 2.24) is 5.32 Å². The van der Waals surface area contributed by atoms with Crippen LogP contribution in [0.4, 0.5) is 17.1 Å². The van der Waals surface area contributed by atoms with Gasteiger partial charge >= 0.3 is 10.1 Å². The molecule has 0 saturated carbocycles. The van der Waals surface area contributed by atoms with Crippen LogP contribution >= 0.6 is 46.0 Å². The summed E-state index contributed by atoms with van der Waals surface area (Å²) in [6.45, 7) is 1.85. The van der Waals surface area contributed by atoms with Gasteiger partial charge in [0.15, 0.2) is 16.7 Å². The maximum atomic E-state index is 12.9. The first-order valence-corrected chi connectivity index (χ1v) is 14.9. The number of amidine groups is 1. The largest absolute Gasteiger partial charge is 0.490 e. The lowest BCUT2D eigenvalue weighted by atomic mass is 10.2. The van der Waals surface area contributed by atoms with E-state index in [2.05, 4.69) is 10.3 Å². The van der Waals surface area contributed by atoms with Gasteiger partial charge in [0.25, 0.3) is 17.3 Å². The van der Waals surface area contributed by atoms with Gasteiger partial charge in [-0.25, -0.2) is 4.99 Å². The van der Waals surface area contributed by atoms with E-state index in [4.69, 9.17) is 20.5 Å². The van der Waals surface area contributed by atoms with Crippen molar-refractivity contribution in [1.29, 1.82) is 0 Å². The highest BCUT2D eigenvalue weighted by molar-refractivity contribution is 14.1. The van der Waals surface area contributed by atoms with Crippen molar-refractivity contribution < 1.29 is 32.0 Å². The third-order valence-corrected chi connectivity index (χ3v) is 8.35. The second-order valence-electron chi connectivity index (χ2n) is 7.92. The Balaban J connectivity index is 1.63. The maximum Gasteiger partial charge on any atom is 0.339 e. The zero-order chi connectivity index (χ0) is 29.9. The van der Waals surface area contributed by atoms with Crippen LogP contribution in [0.15, 0.2) is 69.4 Å². The van der Waals surface area contributed by atoms with Gasteiger partial charge in [0.05, 0.1) is 24.9 Å². The molecule has 1 aliphatic rings. The van der Waals surface area contributed by atoms with Crippen molar-refractivity contribution in [3.8, 4) is 11.5 Å². The van der Waals surface area contributed by atoms with Gasteiger partial charge in [-0.15, -0.1) is 0 Å². The Bertz CT molecular complexity index is 1750. The van der Waals surface area contributed by atoms with Gasteiger partial charge in [-0.05, 0) is 89.3 Å². The minimum Gasteiger partial charge on any atom is -0.490 e. The van der Waals surface area contributed by atoms with Crippen molar-refractivity contribution in [2.75, 3.05) is 6.61 Å². The fraction of sp³-hybridized carbons (Fsp3) is 0.0833. The number of amides is 1. The van der Waals surface area contributed by atoms with Crippen molar-refractivity contribution in [3.05, 3.63) is 93.9 Å². The Hall–Kier alpha value is -3.74. The van der Waals surface area contributed by atoms with Crippen LogP contribution in [-0.4, -0.2) is 35.9 Å². The molecular weight excluding hydrogens is 715 g/mol. The first kappa shape index (κ1) is 30.2. The van der Waals surface area contributed by atoms with E-state index in [0.717, 1.165) is 42.1 Å². The van der Waals surface area contributed by atoms with E-state index < -0.39 is 25.9 Å². The Labute approximate surface area is 255 Å². The number of non-ortho nitro benzene ring substituents is 1. The predicted molar refractivity (Wildman–Crippen MR) is 160 cm³/mol. The Morgan fingerprint density at radius 2 is 1.80 bits per heavy atom. The third-order valence-electron chi connectivity index (χ3n) is 5.17. The summed E-state index contributed by atoms with van der Waals surface area (Å²) in [5, 5.41) is 25.1. The number of hydrogen-bond acceptors (Lipinski definition) is 11. The molecule has 3 aromatic carbocycles. The molecule has 0 aromatic heterocycles. The number of nitro groups is 2. The zero-order valence-corrected chi connectivity index (χ0v) is 25.1. The highest BCUT2D eigenvalue weighted by Crippen LogP contribution is 2.39. The van der Waals surface area contributed by atoms with Crippen LogP contribution in [0.5, 0.6) is 11.5 Å². The number of rotatable bonds is 9. The fourth-order valence-electron chi connectivity index (χ4n) is 3.39. The van der Waals surface area contributed by atoms with E-state index in [1.807, 2.05) is 22.6 Å². The zero-order valence-electron chi connectivity index (χ0n) is 20.6. The average Bonchev–Trinajstić information content (AvgIpc) is 3.25. The number of nitro benzene ring substituents is 2. The maximum absolute atomic E-state index is 12.9. The number of hydrogen-bond donors (Lipinski definition) is 1. The van der Waals surface area contributed by atoms with Crippen LogP contribution in [-0.2, 0) is 14.9 Å². The lowest BCUT2D eigenvalue weighted by Crippen LogP contribution is -2.19. The van der Waals surface area contributed by atoms with E-state index in [0.29, 0.717) is 9.13 Å². The summed E-state index contributed by atoms with van der Waals surface area (Å²) < 4.78 is 37.1. The molecule has 0 bridgehead atoms. The molecule has 1 saturated heterocycles. The smallest absolute Gasteiger partial charge is 0.339 e. The molecule has 17 heteroatoms. The monoisotopic (exact) mass is 730 g/mol. The van der Waals surface area contributed by atoms with Crippen LogP contribution < -0.4 is 14.2 Å². The number of halogens is 2. The molecular formula is C24H16ClIN4O9S2. The lowest BCUT2D eigenvalue weighted by molar-refractivity contribution is -0.384. The summed E-state index contributed by atoms with van der Waals surface area (Å²) in [6.07, 6.45) is 1.51. The van der Waals surface area contributed by atoms with Crippen LogP contribution in [0, 0.1) is 23.8 Å². The molecule has 41 heavy (non-hydrogen) atoms. The second kappa shape index (κ2) is 12.4. The van der Waals surface area contributed by atoms with Crippen LogP contribution in [0.25, 0.3) is 6.08 Å². The SMILES string of the molecule is CCOc1cc(/C=C2/SC(=Nc3ccc(Cl)cc3[N+](=O)[O-])NC2=O)cc(I)c1OS(=O)(=O)c1ccc([N+](=O)[O-])cc1. The number of nitrogens with one attached hydrogen (secondary N) is 1. The summed E-state index contributed by atoms with van der Waals surface area (Å²) in [7, 11) is -4.38. The van der Waals surface area contributed by atoms with Crippen LogP contribution in [0.2, 0.25) is 5.02 Å². The Morgan fingerprint density at radius 1 is 1.10 bits per heavy atom. The summed E-state index contributed by atoms with van der Waals surface area (Å²) in [4.78, 5) is 37.7. The van der Waals surface area contributed by atoms with E-state index in [-0.39, 0.29) is 55.2 Å². The molecule has 1 aliphatic heterocycles. The van der Waals surface area contributed by atoms with E-state index >= 15 is 0 Å². The molecule has 1 amide bonds.